The number of carbonyl (C=O) groups is 2. The zero-order chi connectivity index (χ0) is 16.9. The molecule has 0 aliphatic rings. The molecule has 0 unspecified atom stereocenters. The molecule has 122 valence electrons. The lowest BCUT2D eigenvalue weighted by molar-refractivity contribution is -0.115. The quantitative estimate of drug-likeness (QED) is 0.595. The second kappa shape index (κ2) is 6.87. The van der Waals surface area contributed by atoms with E-state index in [1.807, 2.05) is 30.5 Å². The highest BCUT2D eigenvalue weighted by Gasteiger charge is 2.09. The number of H-pyrrole nitrogens is 1. The fourth-order valence-electron chi connectivity index (χ4n) is 2.52. The van der Waals surface area contributed by atoms with Crippen LogP contribution in [0.5, 0.6) is 0 Å². The van der Waals surface area contributed by atoms with Crippen LogP contribution in [0.3, 0.4) is 0 Å². The summed E-state index contributed by atoms with van der Waals surface area (Å²) in [6.07, 6.45) is 2.13. The summed E-state index contributed by atoms with van der Waals surface area (Å²) in [7, 11) is 1.54. The van der Waals surface area contributed by atoms with Crippen molar-refractivity contribution in [2.75, 3.05) is 17.7 Å². The number of fused-ring (bicyclic) bond motifs is 1. The van der Waals surface area contributed by atoms with Crippen LogP contribution in [0.2, 0.25) is 0 Å². The standard InChI is InChI=1S/C18H18N4O2/c1-19-18(24)22-14-6-4-5-13(10-14)21-17(23)9-12-11-20-16-8-3-2-7-15(12)16/h2-8,10-11,20H,9H2,1H3,(H,21,23)(H2,19,22,24). The molecule has 3 rings (SSSR count). The first kappa shape index (κ1) is 15.6. The van der Waals surface area contributed by atoms with Gasteiger partial charge in [-0.05, 0) is 29.8 Å². The summed E-state index contributed by atoms with van der Waals surface area (Å²) >= 11 is 0. The van der Waals surface area contributed by atoms with Crippen molar-refractivity contribution in [1.29, 1.82) is 0 Å². The summed E-state index contributed by atoms with van der Waals surface area (Å²) in [5.74, 6) is -0.114. The number of aromatic nitrogens is 1. The van der Waals surface area contributed by atoms with Crippen LogP contribution in [0, 0.1) is 0 Å². The smallest absolute Gasteiger partial charge is 0.318 e. The highest BCUT2D eigenvalue weighted by molar-refractivity contribution is 5.96. The number of para-hydroxylation sites is 1. The molecule has 0 saturated heterocycles. The molecule has 6 nitrogen and oxygen atoms in total. The third kappa shape index (κ3) is 3.55. The number of nitrogens with one attached hydrogen (secondary N) is 4. The van der Waals surface area contributed by atoms with Gasteiger partial charge in [-0.1, -0.05) is 24.3 Å². The third-order valence-electron chi connectivity index (χ3n) is 3.66. The summed E-state index contributed by atoms with van der Waals surface area (Å²) in [6, 6.07) is 14.6. The van der Waals surface area contributed by atoms with Gasteiger partial charge in [0, 0.05) is 35.5 Å². The van der Waals surface area contributed by atoms with Crippen molar-refractivity contribution in [3.63, 3.8) is 0 Å². The summed E-state index contributed by atoms with van der Waals surface area (Å²) in [6.45, 7) is 0. The van der Waals surface area contributed by atoms with Gasteiger partial charge in [0.05, 0.1) is 6.42 Å². The van der Waals surface area contributed by atoms with E-state index >= 15 is 0 Å². The molecule has 0 aliphatic carbocycles. The lowest BCUT2D eigenvalue weighted by Crippen LogP contribution is -2.24. The summed E-state index contributed by atoms with van der Waals surface area (Å²) in [4.78, 5) is 26.8. The van der Waals surface area contributed by atoms with Gasteiger partial charge < -0.3 is 20.9 Å². The van der Waals surface area contributed by atoms with Gasteiger partial charge in [-0.15, -0.1) is 0 Å². The molecule has 3 aromatic rings. The van der Waals surface area contributed by atoms with Crippen LogP contribution in [0.15, 0.2) is 54.7 Å². The number of carbonyl (C=O) groups excluding carboxylic acids is 2. The molecular weight excluding hydrogens is 304 g/mol. The average molecular weight is 322 g/mol. The maximum absolute atomic E-state index is 12.3. The van der Waals surface area contributed by atoms with Gasteiger partial charge >= 0.3 is 6.03 Å². The Hall–Kier alpha value is -3.28. The minimum absolute atomic E-state index is 0.114. The minimum atomic E-state index is -0.308. The largest absolute Gasteiger partial charge is 0.361 e. The second-order valence-corrected chi connectivity index (χ2v) is 5.37. The maximum atomic E-state index is 12.3. The maximum Gasteiger partial charge on any atom is 0.318 e. The van der Waals surface area contributed by atoms with E-state index in [4.69, 9.17) is 0 Å². The van der Waals surface area contributed by atoms with E-state index in [0.29, 0.717) is 11.4 Å². The summed E-state index contributed by atoms with van der Waals surface area (Å²) in [5.41, 5.74) is 3.20. The molecule has 0 radical (unpaired) electrons. The predicted octanol–water partition coefficient (Wildman–Crippen LogP) is 3.10. The first-order valence-electron chi connectivity index (χ1n) is 7.59. The first-order valence-corrected chi connectivity index (χ1v) is 7.59. The Morgan fingerprint density at radius 1 is 1.00 bits per heavy atom. The van der Waals surface area contributed by atoms with Crippen molar-refractivity contribution in [1.82, 2.24) is 10.3 Å². The molecule has 6 heteroatoms. The number of hydrogen-bond donors (Lipinski definition) is 4. The van der Waals surface area contributed by atoms with Crippen LogP contribution >= 0.6 is 0 Å². The van der Waals surface area contributed by atoms with Crippen LogP contribution < -0.4 is 16.0 Å². The Labute approximate surface area is 139 Å². The van der Waals surface area contributed by atoms with Crippen LogP contribution in [0.25, 0.3) is 10.9 Å². The Kier molecular flexibility index (Phi) is 4.47. The minimum Gasteiger partial charge on any atom is -0.361 e. The van der Waals surface area contributed by atoms with Gasteiger partial charge in [0.15, 0.2) is 0 Å². The first-order chi connectivity index (χ1) is 11.7. The molecule has 0 saturated carbocycles. The molecule has 0 bridgehead atoms. The monoisotopic (exact) mass is 322 g/mol. The predicted molar refractivity (Wildman–Crippen MR) is 95.2 cm³/mol. The zero-order valence-corrected chi connectivity index (χ0v) is 13.2. The lowest BCUT2D eigenvalue weighted by Gasteiger charge is -2.08. The van der Waals surface area contributed by atoms with Gasteiger partial charge in [0.25, 0.3) is 0 Å². The number of amides is 3. The number of rotatable bonds is 4. The highest BCUT2D eigenvalue weighted by Crippen LogP contribution is 2.19. The summed E-state index contributed by atoms with van der Waals surface area (Å²) < 4.78 is 0. The Morgan fingerprint density at radius 3 is 2.54 bits per heavy atom. The number of benzene rings is 2. The van der Waals surface area contributed by atoms with E-state index in [0.717, 1.165) is 16.5 Å². The van der Waals surface area contributed by atoms with Crippen LogP contribution in [-0.4, -0.2) is 24.0 Å². The van der Waals surface area contributed by atoms with Crippen molar-refractivity contribution in [3.05, 3.63) is 60.3 Å². The van der Waals surface area contributed by atoms with Crippen molar-refractivity contribution in [3.8, 4) is 0 Å². The number of anilines is 2. The van der Waals surface area contributed by atoms with Gasteiger partial charge in [-0.3, -0.25) is 4.79 Å². The van der Waals surface area contributed by atoms with Crippen molar-refractivity contribution in [2.24, 2.45) is 0 Å². The SMILES string of the molecule is CNC(=O)Nc1cccc(NC(=O)Cc2c[nH]c3ccccc23)c1. The third-order valence-corrected chi connectivity index (χ3v) is 3.66. The Bertz CT molecular complexity index is 885. The van der Waals surface area contributed by atoms with Crippen LogP contribution in [-0.2, 0) is 11.2 Å². The number of hydrogen-bond acceptors (Lipinski definition) is 2. The van der Waals surface area contributed by atoms with E-state index in [1.54, 1.807) is 31.3 Å². The van der Waals surface area contributed by atoms with E-state index in [2.05, 4.69) is 20.9 Å². The van der Waals surface area contributed by atoms with Crippen molar-refractivity contribution < 1.29 is 9.59 Å². The van der Waals surface area contributed by atoms with Gasteiger partial charge in [0.1, 0.15) is 0 Å². The molecule has 0 fully saturated rings. The van der Waals surface area contributed by atoms with Gasteiger partial charge in [0.2, 0.25) is 5.91 Å². The van der Waals surface area contributed by atoms with E-state index < -0.39 is 0 Å². The molecule has 0 spiro atoms. The van der Waals surface area contributed by atoms with E-state index in [-0.39, 0.29) is 18.4 Å². The molecular formula is C18H18N4O2. The fourth-order valence-corrected chi connectivity index (χ4v) is 2.52. The van der Waals surface area contributed by atoms with E-state index in [1.165, 1.54) is 0 Å². The van der Waals surface area contributed by atoms with Crippen molar-refractivity contribution >= 4 is 34.2 Å². The summed E-state index contributed by atoms with van der Waals surface area (Å²) in [5, 5.41) is 9.04. The molecule has 1 heterocycles. The van der Waals surface area contributed by atoms with Crippen molar-refractivity contribution in [2.45, 2.75) is 6.42 Å². The molecule has 2 aromatic carbocycles. The fraction of sp³-hybridized carbons (Fsp3) is 0.111. The molecule has 0 aliphatic heterocycles. The van der Waals surface area contributed by atoms with E-state index in [9.17, 15) is 9.59 Å². The zero-order valence-electron chi connectivity index (χ0n) is 13.2. The van der Waals surface area contributed by atoms with Crippen LogP contribution in [0.1, 0.15) is 5.56 Å². The Balaban J connectivity index is 1.68. The topological polar surface area (TPSA) is 86.0 Å². The second-order valence-electron chi connectivity index (χ2n) is 5.37. The van der Waals surface area contributed by atoms with Gasteiger partial charge in [-0.25, -0.2) is 4.79 Å². The molecule has 0 atom stereocenters. The molecule has 3 amide bonds. The molecule has 24 heavy (non-hydrogen) atoms. The highest BCUT2D eigenvalue weighted by atomic mass is 16.2. The normalized spacial score (nSPS) is 10.4. The van der Waals surface area contributed by atoms with Gasteiger partial charge in [-0.2, -0.15) is 0 Å². The number of aromatic amines is 1. The Morgan fingerprint density at radius 2 is 1.75 bits per heavy atom. The lowest BCUT2D eigenvalue weighted by atomic mass is 10.1. The molecule has 1 aromatic heterocycles. The number of urea groups is 1. The average Bonchev–Trinajstić information content (AvgIpc) is 2.98. The van der Waals surface area contributed by atoms with Crippen LogP contribution in [0.4, 0.5) is 16.2 Å². The molecule has 4 N–H and O–H groups in total.